The highest BCUT2D eigenvalue weighted by molar-refractivity contribution is 6.22. The molecule has 1 N–H and O–H groups in total. The number of hydrogen-bond acceptors (Lipinski definition) is 4. The van der Waals surface area contributed by atoms with E-state index in [1.807, 2.05) is 0 Å². The van der Waals surface area contributed by atoms with Gasteiger partial charge >= 0.3 is 5.97 Å². The predicted octanol–water partition coefficient (Wildman–Crippen LogP) is 1.62. The highest BCUT2D eigenvalue weighted by Crippen LogP contribution is 2.21. The van der Waals surface area contributed by atoms with Crippen molar-refractivity contribution in [3.63, 3.8) is 0 Å². The summed E-state index contributed by atoms with van der Waals surface area (Å²) in [6.07, 6.45) is 1.14. The molecular weight excluding hydrogens is 258 g/mol. The highest BCUT2D eigenvalue weighted by Gasteiger charge is 2.28. The Bertz CT molecular complexity index is 604. The van der Waals surface area contributed by atoms with Gasteiger partial charge in [0.1, 0.15) is 0 Å². The van der Waals surface area contributed by atoms with Gasteiger partial charge in [0.25, 0.3) is 11.8 Å². The van der Waals surface area contributed by atoms with Crippen LogP contribution in [0.3, 0.4) is 0 Å². The number of carbonyl (C=O) groups is 3. The smallest absolute Gasteiger partial charge is 0.333 e. The van der Waals surface area contributed by atoms with Crippen molar-refractivity contribution in [1.29, 1.82) is 0 Å². The van der Waals surface area contributed by atoms with Crippen molar-refractivity contribution in [3.05, 3.63) is 47.0 Å². The molecule has 0 unspecified atom stereocenters. The average molecular weight is 273 g/mol. The minimum Gasteiger partial charge on any atom is -0.462 e. The third-order valence-electron chi connectivity index (χ3n) is 3.02. The zero-order valence-electron chi connectivity index (χ0n) is 11.2. The SMILES string of the molecule is C=C(C)C(=O)OCCCc1cccc2c1C(=O)NC2=O. The summed E-state index contributed by atoms with van der Waals surface area (Å²) in [5.74, 6) is -1.14. The summed E-state index contributed by atoms with van der Waals surface area (Å²) < 4.78 is 4.99. The summed E-state index contributed by atoms with van der Waals surface area (Å²) >= 11 is 0. The molecule has 0 aromatic heterocycles. The van der Waals surface area contributed by atoms with Crippen LogP contribution in [0.5, 0.6) is 0 Å². The molecule has 5 nitrogen and oxygen atoms in total. The summed E-state index contributed by atoms with van der Waals surface area (Å²) in [6.45, 7) is 5.33. The molecule has 1 aliphatic heterocycles. The number of hydrogen-bond donors (Lipinski definition) is 1. The number of amides is 2. The molecule has 1 aromatic carbocycles. The van der Waals surface area contributed by atoms with Crippen molar-refractivity contribution in [3.8, 4) is 0 Å². The molecule has 2 amide bonds. The van der Waals surface area contributed by atoms with Crippen LogP contribution in [0.25, 0.3) is 0 Å². The van der Waals surface area contributed by atoms with Gasteiger partial charge in [-0.25, -0.2) is 4.79 Å². The van der Waals surface area contributed by atoms with Gasteiger partial charge in [-0.1, -0.05) is 18.7 Å². The Labute approximate surface area is 116 Å². The van der Waals surface area contributed by atoms with E-state index in [0.29, 0.717) is 29.5 Å². The molecule has 0 atom stereocenters. The van der Waals surface area contributed by atoms with Crippen LogP contribution in [0.2, 0.25) is 0 Å². The molecule has 0 aliphatic carbocycles. The van der Waals surface area contributed by atoms with Crippen LogP contribution in [0, 0.1) is 0 Å². The number of rotatable bonds is 5. The zero-order chi connectivity index (χ0) is 14.7. The Morgan fingerprint density at radius 2 is 2.05 bits per heavy atom. The molecule has 0 bridgehead atoms. The van der Waals surface area contributed by atoms with Crippen molar-refractivity contribution in [2.45, 2.75) is 19.8 Å². The van der Waals surface area contributed by atoms with E-state index in [9.17, 15) is 14.4 Å². The fraction of sp³-hybridized carbons (Fsp3) is 0.267. The fourth-order valence-corrected chi connectivity index (χ4v) is 2.05. The lowest BCUT2D eigenvalue weighted by Crippen LogP contribution is -2.20. The summed E-state index contributed by atoms with van der Waals surface area (Å²) in [5, 5.41) is 2.27. The van der Waals surface area contributed by atoms with E-state index >= 15 is 0 Å². The van der Waals surface area contributed by atoms with E-state index < -0.39 is 5.97 Å². The second-order valence-corrected chi connectivity index (χ2v) is 4.64. The molecule has 1 aromatic rings. The number of esters is 1. The second-order valence-electron chi connectivity index (χ2n) is 4.64. The molecule has 0 spiro atoms. The van der Waals surface area contributed by atoms with Crippen molar-refractivity contribution in [2.24, 2.45) is 0 Å². The number of ether oxygens (including phenoxy) is 1. The minimum atomic E-state index is -0.420. The molecule has 104 valence electrons. The Hall–Kier alpha value is -2.43. The van der Waals surface area contributed by atoms with E-state index in [4.69, 9.17) is 4.74 Å². The quantitative estimate of drug-likeness (QED) is 0.383. The molecule has 20 heavy (non-hydrogen) atoms. The van der Waals surface area contributed by atoms with Crippen LogP contribution in [-0.2, 0) is 16.0 Å². The Morgan fingerprint density at radius 3 is 2.75 bits per heavy atom. The summed E-state index contributed by atoms with van der Waals surface area (Å²) in [7, 11) is 0. The van der Waals surface area contributed by atoms with Gasteiger partial charge in [-0.3, -0.25) is 14.9 Å². The van der Waals surface area contributed by atoms with Gasteiger partial charge in [0, 0.05) is 5.57 Å². The monoisotopic (exact) mass is 273 g/mol. The number of imide groups is 1. The fourth-order valence-electron chi connectivity index (χ4n) is 2.05. The lowest BCUT2D eigenvalue weighted by molar-refractivity contribution is -0.139. The normalized spacial score (nSPS) is 12.8. The lowest BCUT2D eigenvalue weighted by Gasteiger charge is -2.07. The Morgan fingerprint density at radius 1 is 1.30 bits per heavy atom. The first-order valence-electron chi connectivity index (χ1n) is 6.31. The molecule has 0 saturated carbocycles. The third-order valence-corrected chi connectivity index (χ3v) is 3.02. The van der Waals surface area contributed by atoms with E-state index in [2.05, 4.69) is 11.9 Å². The van der Waals surface area contributed by atoms with Crippen LogP contribution in [-0.4, -0.2) is 24.4 Å². The first-order valence-corrected chi connectivity index (χ1v) is 6.31. The summed E-state index contributed by atoms with van der Waals surface area (Å²) in [5.41, 5.74) is 1.99. The van der Waals surface area contributed by atoms with E-state index in [-0.39, 0.29) is 18.4 Å². The van der Waals surface area contributed by atoms with Crippen molar-refractivity contribution < 1.29 is 19.1 Å². The average Bonchev–Trinajstić information content (AvgIpc) is 2.70. The minimum absolute atomic E-state index is 0.255. The first kappa shape index (κ1) is 14.0. The molecule has 0 radical (unpaired) electrons. The van der Waals surface area contributed by atoms with E-state index in [0.717, 1.165) is 5.56 Å². The molecule has 0 saturated heterocycles. The van der Waals surface area contributed by atoms with Gasteiger partial charge in [-0.15, -0.1) is 0 Å². The van der Waals surface area contributed by atoms with Crippen LogP contribution in [0.4, 0.5) is 0 Å². The number of fused-ring (bicyclic) bond motifs is 1. The van der Waals surface area contributed by atoms with Gasteiger partial charge in [0.15, 0.2) is 0 Å². The summed E-state index contributed by atoms with van der Waals surface area (Å²) in [6, 6.07) is 5.17. The predicted molar refractivity (Wildman–Crippen MR) is 72.3 cm³/mol. The number of aryl methyl sites for hydroxylation is 1. The molecule has 1 heterocycles. The van der Waals surface area contributed by atoms with Crippen LogP contribution < -0.4 is 5.32 Å². The van der Waals surface area contributed by atoms with Crippen LogP contribution in [0.15, 0.2) is 30.4 Å². The lowest BCUT2D eigenvalue weighted by atomic mass is 9.99. The van der Waals surface area contributed by atoms with Gasteiger partial charge in [0.2, 0.25) is 0 Å². The summed E-state index contributed by atoms with van der Waals surface area (Å²) in [4.78, 5) is 34.4. The molecule has 1 aliphatic rings. The van der Waals surface area contributed by atoms with Crippen LogP contribution in [0.1, 0.15) is 39.6 Å². The maximum absolute atomic E-state index is 11.7. The highest BCUT2D eigenvalue weighted by atomic mass is 16.5. The number of nitrogens with one attached hydrogen (secondary N) is 1. The number of benzene rings is 1. The first-order chi connectivity index (χ1) is 9.50. The third kappa shape index (κ3) is 2.77. The second kappa shape index (κ2) is 5.69. The van der Waals surface area contributed by atoms with Gasteiger partial charge < -0.3 is 4.74 Å². The van der Waals surface area contributed by atoms with Crippen molar-refractivity contribution in [1.82, 2.24) is 5.32 Å². The maximum atomic E-state index is 11.7. The van der Waals surface area contributed by atoms with Gasteiger partial charge in [0.05, 0.1) is 17.7 Å². The van der Waals surface area contributed by atoms with Crippen molar-refractivity contribution in [2.75, 3.05) is 6.61 Å². The van der Waals surface area contributed by atoms with Crippen molar-refractivity contribution >= 4 is 17.8 Å². The standard InChI is InChI=1S/C15H15NO4/c1-9(2)15(19)20-8-4-6-10-5-3-7-11-12(10)14(18)16-13(11)17/h3,5,7H,1,4,6,8H2,2H3,(H,16,17,18). The molecule has 0 fully saturated rings. The van der Waals surface area contributed by atoms with E-state index in [1.54, 1.807) is 25.1 Å². The Kier molecular flexibility index (Phi) is 3.98. The van der Waals surface area contributed by atoms with Gasteiger partial charge in [-0.05, 0) is 31.4 Å². The molecule has 5 heteroatoms. The zero-order valence-corrected chi connectivity index (χ0v) is 11.2. The Balaban J connectivity index is 1.98. The van der Waals surface area contributed by atoms with Crippen LogP contribution >= 0.6 is 0 Å². The molecular formula is C15H15NO4. The molecule has 2 rings (SSSR count). The number of carbonyl (C=O) groups excluding carboxylic acids is 3. The van der Waals surface area contributed by atoms with Gasteiger partial charge in [-0.2, -0.15) is 0 Å². The largest absolute Gasteiger partial charge is 0.462 e. The topological polar surface area (TPSA) is 72.5 Å². The van der Waals surface area contributed by atoms with E-state index in [1.165, 1.54) is 0 Å². The maximum Gasteiger partial charge on any atom is 0.333 e.